The zero-order valence-electron chi connectivity index (χ0n) is 18.4. The van der Waals surface area contributed by atoms with Crippen molar-refractivity contribution in [1.82, 2.24) is 0 Å². The van der Waals surface area contributed by atoms with Gasteiger partial charge in [-0.15, -0.1) is 0 Å². The van der Waals surface area contributed by atoms with Crippen molar-refractivity contribution in [2.45, 2.75) is 58.3 Å². The third-order valence-corrected chi connectivity index (χ3v) is 3.23. The molecular formula is C23H34O2. The van der Waals surface area contributed by atoms with Gasteiger partial charge >= 0.3 is 5.97 Å². The molecule has 0 aromatic rings. The first-order chi connectivity index (χ1) is 13.5. The molecule has 138 valence electrons. The van der Waals surface area contributed by atoms with Crippen LogP contribution in [0.15, 0.2) is 72.9 Å². The highest BCUT2D eigenvalue weighted by atomic mass is 16.5. The third kappa shape index (κ3) is 19.9. The molecule has 2 nitrogen and oxygen atoms in total. The first-order valence-electron chi connectivity index (χ1n) is 10.6. The molecule has 25 heavy (non-hydrogen) atoms. The van der Waals surface area contributed by atoms with E-state index in [1.807, 2.05) is 12.2 Å². The van der Waals surface area contributed by atoms with E-state index in [0.29, 0.717) is 6.42 Å². The summed E-state index contributed by atoms with van der Waals surface area (Å²) in [5, 5.41) is 0. The van der Waals surface area contributed by atoms with Gasteiger partial charge in [-0.1, -0.05) is 79.8 Å². The Morgan fingerprint density at radius 2 is 1.12 bits per heavy atom. The van der Waals surface area contributed by atoms with Crippen LogP contribution in [0.4, 0.5) is 0 Å². The van der Waals surface area contributed by atoms with E-state index in [1.165, 1.54) is 0 Å². The molecule has 0 amide bonds. The van der Waals surface area contributed by atoms with E-state index in [1.54, 1.807) is 0 Å². The number of carbonyl (C=O) groups is 1. The maximum atomic E-state index is 11.2. The summed E-state index contributed by atoms with van der Waals surface area (Å²) in [6.45, 7) is 2.14. The van der Waals surface area contributed by atoms with Crippen LogP contribution in [0.3, 0.4) is 0 Å². The summed E-state index contributed by atoms with van der Waals surface area (Å²) < 4.78 is 24.8. The van der Waals surface area contributed by atoms with Crippen molar-refractivity contribution >= 4 is 5.97 Å². The van der Waals surface area contributed by atoms with Crippen LogP contribution in [0.2, 0.25) is 0 Å². The van der Waals surface area contributed by atoms with Crippen molar-refractivity contribution in [2.24, 2.45) is 0 Å². The van der Waals surface area contributed by atoms with Crippen molar-refractivity contribution in [3.8, 4) is 0 Å². The molecule has 2 heteroatoms. The Hall–Kier alpha value is -2.09. The number of rotatable bonds is 14. The van der Waals surface area contributed by atoms with E-state index in [0.717, 1.165) is 38.5 Å². The second-order valence-corrected chi connectivity index (χ2v) is 5.43. The smallest absolute Gasteiger partial charge is 0.305 e. The Balaban J connectivity index is 3.62. The Labute approximate surface area is 158 Å². The predicted molar refractivity (Wildman–Crippen MR) is 109 cm³/mol. The van der Waals surface area contributed by atoms with E-state index in [9.17, 15) is 4.79 Å². The summed E-state index contributed by atoms with van der Waals surface area (Å²) >= 11 is 0. The number of carbonyl (C=O) groups excluding carboxylic acids is 1. The highest BCUT2D eigenvalue weighted by Crippen LogP contribution is 1.98. The van der Waals surface area contributed by atoms with Gasteiger partial charge in [0.2, 0.25) is 0 Å². The highest BCUT2D eigenvalue weighted by molar-refractivity contribution is 5.69. The predicted octanol–water partition coefficient (Wildman–Crippen LogP) is 6.64. The maximum absolute atomic E-state index is 11.2. The van der Waals surface area contributed by atoms with Gasteiger partial charge in [0, 0.05) is 6.42 Å². The number of hydrogen-bond donors (Lipinski definition) is 0. The minimum absolute atomic E-state index is 0.0839. The van der Waals surface area contributed by atoms with Gasteiger partial charge in [0.05, 0.1) is 11.2 Å². The standard InChI is InChI=1S/C23H34O2/c1-3-4-5-6-7-8-9-10-11-12-13-14-15-16-17-18-19-20-21-22-23(24)25-2/h4-5,7-8,10-11,13-14,16-17,19-20H,3,6,9,12,15,18,21-22H2,1-2H3/b5-4-,8-7-,11-10-,14-13-,17-16-,20-19-/i2D3. The molecule has 0 unspecified atom stereocenters. The van der Waals surface area contributed by atoms with Crippen molar-refractivity contribution < 1.29 is 13.6 Å². The van der Waals surface area contributed by atoms with Gasteiger partial charge in [-0.25, -0.2) is 0 Å². The molecule has 0 bridgehead atoms. The Morgan fingerprint density at radius 1 is 0.720 bits per heavy atom. The lowest BCUT2D eigenvalue weighted by Crippen LogP contribution is -1.97. The number of allylic oxidation sites excluding steroid dienone is 12. The van der Waals surface area contributed by atoms with Crippen molar-refractivity contribution in [1.29, 1.82) is 0 Å². The molecule has 0 aliphatic heterocycles. The minimum Gasteiger partial charge on any atom is -0.469 e. The average Bonchev–Trinajstić information content (AvgIpc) is 2.62. The first-order valence-corrected chi connectivity index (χ1v) is 9.07. The number of esters is 1. The Kier molecular flexibility index (Phi) is 14.1. The second kappa shape index (κ2) is 20.0. The molecule has 0 aromatic carbocycles. The summed E-state index contributed by atoms with van der Waals surface area (Å²) in [4.78, 5) is 11.2. The van der Waals surface area contributed by atoms with Gasteiger partial charge in [-0.2, -0.15) is 0 Å². The minimum atomic E-state index is -2.64. The van der Waals surface area contributed by atoms with Crippen LogP contribution in [0.25, 0.3) is 0 Å². The van der Waals surface area contributed by atoms with Crippen LogP contribution in [-0.2, 0) is 9.53 Å². The van der Waals surface area contributed by atoms with Gasteiger partial charge in [0.15, 0.2) is 0 Å². The zero-order chi connectivity index (χ0) is 20.9. The van der Waals surface area contributed by atoms with Gasteiger partial charge in [0.25, 0.3) is 0 Å². The van der Waals surface area contributed by atoms with Crippen molar-refractivity contribution in [3.05, 3.63) is 72.9 Å². The average molecular weight is 346 g/mol. The van der Waals surface area contributed by atoms with Crippen molar-refractivity contribution in [3.63, 3.8) is 0 Å². The van der Waals surface area contributed by atoms with Gasteiger partial charge in [0.1, 0.15) is 0 Å². The van der Waals surface area contributed by atoms with Crippen LogP contribution >= 0.6 is 0 Å². The summed E-state index contributed by atoms with van der Waals surface area (Å²) in [6, 6.07) is 0. The fourth-order valence-corrected chi connectivity index (χ4v) is 1.89. The lowest BCUT2D eigenvalue weighted by molar-refractivity contribution is -0.140. The molecule has 0 saturated carbocycles. The van der Waals surface area contributed by atoms with E-state index in [2.05, 4.69) is 72.4 Å². The molecule has 0 heterocycles. The topological polar surface area (TPSA) is 26.3 Å². The largest absolute Gasteiger partial charge is 0.469 e. The molecule has 0 aliphatic carbocycles. The van der Waals surface area contributed by atoms with Crippen LogP contribution in [0.1, 0.15) is 62.4 Å². The van der Waals surface area contributed by atoms with Gasteiger partial charge in [-0.3, -0.25) is 4.79 Å². The highest BCUT2D eigenvalue weighted by Gasteiger charge is 1.94. The van der Waals surface area contributed by atoms with E-state index in [-0.39, 0.29) is 6.42 Å². The summed E-state index contributed by atoms with van der Waals surface area (Å²) in [5.41, 5.74) is 0. The normalized spacial score (nSPS) is 15.2. The van der Waals surface area contributed by atoms with Crippen LogP contribution in [0, 0.1) is 0 Å². The Morgan fingerprint density at radius 3 is 1.52 bits per heavy atom. The fraction of sp³-hybridized carbons (Fsp3) is 0.435. The van der Waals surface area contributed by atoms with Crippen LogP contribution in [0.5, 0.6) is 0 Å². The van der Waals surface area contributed by atoms with E-state index < -0.39 is 13.0 Å². The first kappa shape index (κ1) is 17.7. The molecule has 0 spiro atoms. The second-order valence-electron chi connectivity index (χ2n) is 5.43. The zero-order valence-corrected chi connectivity index (χ0v) is 15.4. The SMILES string of the molecule is [2H]C([2H])([2H])OC(=O)CC/C=C\C/C=C\C/C=C\C/C=C\C/C=C\C/C=C\CC. The molecule has 0 aromatic heterocycles. The molecule has 0 rings (SSSR count). The molecule has 0 radical (unpaired) electrons. The molecule has 0 saturated heterocycles. The lowest BCUT2D eigenvalue weighted by atomic mass is 10.2. The maximum Gasteiger partial charge on any atom is 0.305 e. The van der Waals surface area contributed by atoms with Gasteiger partial charge in [-0.05, 0) is 44.9 Å². The molecular weight excluding hydrogens is 308 g/mol. The van der Waals surface area contributed by atoms with E-state index in [4.69, 9.17) is 4.11 Å². The number of ether oxygens (including phenoxy) is 1. The molecule has 0 atom stereocenters. The summed E-state index contributed by atoms with van der Waals surface area (Å²) in [7, 11) is -2.64. The van der Waals surface area contributed by atoms with Crippen LogP contribution < -0.4 is 0 Å². The van der Waals surface area contributed by atoms with E-state index >= 15 is 0 Å². The Bertz CT molecular complexity index is 565. The van der Waals surface area contributed by atoms with Crippen LogP contribution in [-0.4, -0.2) is 13.0 Å². The molecule has 0 aliphatic rings. The van der Waals surface area contributed by atoms with Crippen molar-refractivity contribution in [2.75, 3.05) is 7.04 Å². The molecule has 0 fully saturated rings. The third-order valence-electron chi connectivity index (χ3n) is 3.23. The number of hydrogen-bond acceptors (Lipinski definition) is 2. The lowest BCUT2D eigenvalue weighted by Gasteiger charge is -1.93. The monoisotopic (exact) mass is 345 g/mol. The fourth-order valence-electron chi connectivity index (χ4n) is 1.89. The van der Waals surface area contributed by atoms with Gasteiger partial charge < -0.3 is 4.74 Å². The number of methoxy groups -OCH3 is 1. The summed E-state index contributed by atoms with van der Waals surface area (Å²) in [5.74, 6) is -0.695. The quantitative estimate of drug-likeness (QED) is 0.261. The summed E-state index contributed by atoms with van der Waals surface area (Å²) in [6.07, 6.45) is 31.7. The molecule has 0 N–H and O–H groups in total.